The Bertz CT molecular complexity index is 3010. The van der Waals surface area contributed by atoms with Gasteiger partial charge in [0.05, 0.1) is 25.6 Å². The molecule has 8 aliphatic rings. The third kappa shape index (κ3) is 15.1. The minimum atomic E-state index is -1.40. The number of rotatable bonds is 16. The van der Waals surface area contributed by atoms with Gasteiger partial charge in [0.25, 0.3) is 11.8 Å². The van der Waals surface area contributed by atoms with E-state index in [1.54, 1.807) is 9.80 Å². The van der Waals surface area contributed by atoms with Crippen LogP contribution in [0.1, 0.15) is 155 Å². The van der Waals surface area contributed by atoms with E-state index in [1.807, 2.05) is 27.7 Å². The zero-order valence-corrected chi connectivity index (χ0v) is 49.5. The summed E-state index contributed by atoms with van der Waals surface area (Å²) >= 11 is 0. The Hall–Kier alpha value is -6.92. The lowest BCUT2D eigenvalue weighted by Crippen LogP contribution is -2.43. The summed E-state index contributed by atoms with van der Waals surface area (Å²) in [5.74, 6) is 1.35. The fourth-order valence-corrected chi connectivity index (χ4v) is 11.7. The number of nitrogen functional groups attached to an aromatic ring is 2. The quantitative estimate of drug-likeness (QED) is 0.0775. The number of nitrogens with one attached hydrogen (secondary N) is 3. The zero-order chi connectivity index (χ0) is 61.3. The number of anilines is 2. The number of imidazole rings is 2. The number of piperidine rings is 2. The number of aryl methyl sites for hydroxylation is 2. The number of aromatic nitrogens is 8. The van der Waals surface area contributed by atoms with Crippen molar-refractivity contribution >= 4 is 69.7 Å². The number of fused-ring (bicyclic) bond motifs is 2. The smallest absolute Gasteiger partial charge is 0.410 e. The van der Waals surface area contributed by atoms with Crippen molar-refractivity contribution in [3.63, 3.8) is 0 Å². The van der Waals surface area contributed by atoms with Crippen molar-refractivity contribution in [3.05, 3.63) is 24.3 Å². The number of amides is 5. The van der Waals surface area contributed by atoms with Gasteiger partial charge in [0, 0.05) is 57.5 Å². The molecule has 12 rings (SSSR count). The molecule has 4 aromatic rings. The number of aliphatic hydroxyl groups excluding tert-OH is 4. The molecule has 472 valence electrons. The number of nitrogens with two attached hydrogens (primary N) is 2. The van der Waals surface area contributed by atoms with Gasteiger partial charge >= 0.3 is 12.2 Å². The molecule has 4 unspecified atom stereocenters. The second kappa shape index (κ2) is 28.7. The van der Waals surface area contributed by atoms with E-state index in [0.29, 0.717) is 104 Å². The first kappa shape index (κ1) is 63.6. The van der Waals surface area contributed by atoms with Gasteiger partial charge in [-0.2, -0.15) is 0 Å². The van der Waals surface area contributed by atoms with Crippen LogP contribution >= 0.6 is 0 Å². The van der Waals surface area contributed by atoms with Gasteiger partial charge in [-0.15, -0.1) is 0 Å². The maximum atomic E-state index is 12.5. The van der Waals surface area contributed by atoms with Crippen molar-refractivity contribution in [3.8, 4) is 0 Å². The number of nitrogens with zero attached hydrogens (tertiary/aromatic N) is 10. The van der Waals surface area contributed by atoms with Gasteiger partial charge in [0.15, 0.2) is 59.5 Å². The molecule has 29 heteroatoms. The van der Waals surface area contributed by atoms with E-state index in [9.17, 15) is 49.2 Å². The standard InChI is InChI=1S/C27H37N7O7.C26H36N8O7.2C2H6/c28-23-19-24(34(13-29-19)26-21(37)20(36)22(41-26)25(38)30-15-7-8-15)32-18(31-23)6-1-3-14-9-11-33(12-10-14)27(39)40-17-5-2-4-16(17)35;27-22-18-23(34(12-29-18)25-20(37)19(36)21(41-25)24(38)30-14-4-5-14)32-16(31-22)3-1-2-13-6-8-33(9-7-13)26(39)40-15-10-17(35)28-11-15;2*1-2/h13-15,17,20-22,26,36-37H,1-12H2,(H,30,38)(H2,28,31,32);12-15,19-21,25,36-37H,1-11H2,(H,28,35)(H,30,38)(H2,27,31,32);2*1-2H3/t17?,20?,21-,22-,26+;15?,19?,20-,21-,25+;;/m00../s1. The van der Waals surface area contributed by atoms with E-state index >= 15 is 0 Å². The van der Waals surface area contributed by atoms with Crippen LogP contribution in [0, 0.1) is 11.8 Å². The maximum absolute atomic E-state index is 12.5. The summed E-state index contributed by atoms with van der Waals surface area (Å²) < 4.78 is 25.4. The van der Waals surface area contributed by atoms with E-state index < -0.39 is 79.2 Å². The molecule has 3 saturated carbocycles. The SMILES string of the molecule is CC.CC.Nc1nc(CCCC2CCN(C(=O)OC3CCCC3=O)CC2)nc2c1ncn2[C@@H]1O[C@H](C(=O)NC2CC2)C(O)[C@@H]1O.Nc1nc(CCCC2CCN(C(=O)OC3CNC(=O)C3)CC2)nc2c1ncn2[C@@H]1O[C@H](C(=O)NC2CC2)C(O)[C@@H]1O. The third-order valence-electron chi connectivity index (χ3n) is 16.8. The first-order chi connectivity index (χ1) is 41.5. The van der Waals surface area contributed by atoms with Crippen LogP contribution in [0.3, 0.4) is 0 Å². The minimum absolute atomic E-state index is 0.0160. The third-order valence-corrected chi connectivity index (χ3v) is 16.8. The topological polar surface area (TPSA) is 402 Å². The minimum Gasteiger partial charge on any atom is -0.444 e. The van der Waals surface area contributed by atoms with E-state index in [-0.39, 0.29) is 47.9 Å². The lowest BCUT2D eigenvalue weighted by Gasteiger charge is -2.32. The molecule has 4 aromatic heterocycles. The zero-order valence-electron chi connectivity index (χ0n) is 49.5. The Kier molecular flexibility index (Phi) is 21.2. The molecule has 29 nitrogen and oxygen atoms in total. The fourth-order valence-electron chi connectivity index (χ4n) is 11.7. The molecule has 11 N–H and O–H groups in total. The van der Waals surface area contributed by atoms with Crippen molar-refractivity contribution in [2.24, 2.45) is 11.8 Å². The molecule has 5 saturated heterocycles. The molecule has 0 radical (unpaired) electrons. The Morgan fingerprint density at radius 1 is 0.628 bits per heavy atom. The number of Topliss-reactive ketones (excluding diaryl/α,β-unsaturated/α-hetero) is 1. The molecule has 9 heterocycles. The van der Waals surface area contributed by atoms with Crippen molar-refractivity contribution in [1.82, 2.24) is 64.8 Å². The molecule has 10 atom stereocenters. The predicted molar refractivity (Wildman–Crippen MR) is 308 cm³/mol. The van der Waals surface area contributed by atoms with Gasteiger partial charge in [-0.05, 0) is 102 Å². The first-order valence-corrected chi connectivity index (χ1v) is 30.9. The van der Waals surface area contributed by atoms with Crippen LogP contribution < -0.4 is 27.4 Å². The number of aliphatic hydroxyl groups is 4. The molecule has 8 fully saturated rings. The Labute approximate surface area is 498 Å². The lowest BCUT2D eigenvalue weighted by molar-refractivity contribution is -0.138. The summed E-state index contributed by atoms with van der Waals surface area (Å²) in [6, 6.07) is 0.186. The van der Waals surface area contributed by atoms with Gasteiger partial charge in [-0.3, -0.25) is 28.3 Å². The van der Waals surface area contributed by atoms with E-state index in [1.165, 1.54) is 21.8 Å². The number of hydrogen-bond acceptors (Lipinski definition) is 22. The fraction of sp³-hybridized carbons (Fsp3) is 0.719. The van der Waals surface area contributed by atoms with Crippen molar-refractivity contribution in [2.45, 2.75) is 217 Å². The summed E-state index contributed by atoms with van der Waals surface area (Å²) in [6.45, 7) is 10.8. The van der Waals surface area contributed by atoms with Crippen LogP contribution in [0.2, 0.25) is 0 Å². The molecule has 0 spiro atoms. The molecule has 86 heavy (non-hydrogen) atoms. The number of likely N-dealkylation sites (tertiary alicyclic amines) is 2. The van der Waals surface area contributed by atoms with Gasteiger partial charge in [0.2, 0.25) is 5.91 Å². The van der Waals surface area contributed by atoms with E-state index in [4.69, 9.17) is 30.4 Å². The Morgan fingerprint density at radius 2 is 1.07 bits per heavy atom. The van der Waals surface area contributed by atoms with Gasteiger partial charge in [-0.25, -0.2) is 39.5 Å². The van der Waals surface area contributed by atoms with Crippen LogP contribution in [0.15, 0.2) is 12.7 Å². The molecule has 5 aliphatic heterocycles. The van der Waals surface area contributed by atoms with Crippen molar-refractivity contribution < 1.29 is 68.1 Å². The molecular formula is C57H85N15O14. The highest BCUT2D eigenvalue weighted by Crippen LogP contribution is 2.36. The van der Waals surface area contributed by atoms with Crippen LogP contribution in [-0.2, 0) is 51.0 Å². The average Bonchev–Trinajstić information content (AvgIpc) is 1.76. The number of ether oxygens (including phenoxy) is 4. The average molecular weight is 1200 g/mol. The number of ketones is 1. The van der Waals surface area contributed by atoms with Crippen LogP contribution in [0.25, 0.3) is 22.3 Å². The molecule has 0 bridgehead atoms. The number of carbonyl (C=O) groups excluding carboxylic acids is 6. The largest absolute Gasteiger partial charge is 0.444 e. The van der Waals surface area contributed by atoms with Gasteiger partial charge in [0.1, 0.15) is 53.2 Å². The lowest BCUT2D eigenvalue weighted by atomic mass is 9.91. The summed E-state index contributed by atoms with van der Waals surface area (Å²) in [5.41, 5.74) is 13.8. The summed E-state index contributed by atoms with van der Waals surface area (Å²) in [6.07, 6.45) is 4.81. The predicted octanol–water partition coefficient (Wildman–Crippen LogP) is 2.02. The normalized spacial score (nSPS) is 27.6. The number of carbonyl (C=O) groups is 6. The van der Waals surface area contributed by atoms with Gasteiger partial charge in [-0.1, -0.05) is 27.7 Å². The summed E-state index contributed by atoms with van der Waals surface area (Å²) in [5, 5.41) is 50.6. The second-order valence-corrected chi connectivity index (χ2v) is 23.0. The highest BCUT2D eigenvalue weighted by Gasteiger charge is 2.50. The van der Waals surface area contributed by atoms with Crippen LogP contribution in [-0.4, -0.2) is 199 Å². The Balaban J connectivity index is 0.000000194. The monoisotopic (exact) mass is 1200 g/mol. The molecule has 0 aromatic carbocycles. The summed E-state index contributed by atoms with van der Waals surface area (Å²) in [7, 11) is 0. The van der Waals surface area contributed by atoms with E-state index in [0.717, 1.165) is 83.5 Å². The highest BCUT2D eigenvalue weighted by atomic mass is 16.6. The highest BCUT2D eigenvalue weighted by molar-refractivity contribution is 5.87. The van der Waals surface area contributed by atoms with Crippen molar-refractivity contribution in [2.75, 3.05) is 44.2 Å². The molecule has 5 amide bonds. The second-order valence-electron chi connectivity index (χ2n) is 23.0. The first-order valence-electron chi connectivity index (χ1n) is 30.9. The Morgan fingerprint density at radius 3 is 1.47 bits per heavy atom. The van der Waals surface area contributed by atoms with Gasteiger partial charge < -0.3 is 76.6 Å². The van der Waals surface area contributed by atoms with E-state index in [2.05, 4.69) is 45.9 Å². The molecule has 3 aliphatic carbocycles. The number of hydrogen-bond donors (Lipinski definition) is 9. The van der Waals surface area contributed by atoms with Crippen LogP contribution in [0.4, 0.5) is 21.2 Å². The molecular weight excluding hydrogens is 1120 g/mol. The van der Waals surface area contributed by atoms with Crippen molar-refractivity contribution in [1.29, 1.82) is 0 Å². The van der Waals surface area contributed by atoms with Crippen LogP contribution in [0.5, 0.6) is 0 Å². The summed E-state index contributed by atoms with van der Waals surface area (Å²) in [4.78, 5) is 103. The maximum Gasteiger partial charge on any atom is 0.410 e.